The van der Waals surface area contributed by atoms with Crippen molar-refractivity contribution in [2.45, 2.75) is 13.0 Å². The van der Waals surface area contributed by atoms with Crippen LogP contribution in [0.15, 0.2) is 42.5 Å². The van der Waals surface area contributed by atoms with Gasteiger partial charge >= 0.3 is 0 Å². The van der Waals surface area contributed by atoms with Crippen molar-refractivity contribution in [1.29, 1.82) is 0 Å². The number of para-hydroxylation sites is 1. The number of hydrogen-bond acceptors (Lipinski definition) is 4. The van der Waals surface area contributed by atoms with Crippen LogP contribution in [0.2, 0.25) is 0 Å². The summed E-state index contributed by atoms with van der Waals surface area (Å²) in [5, 5.41) is 2.96. The SMILES string of the molecule is COc1ccc(C(=O)N[C@@H](C)c2ccccc2OC)cc1OC. The summed E-state index contributed by atoms with van der Waals surface area (Å²) in [6, 6.07) is 12.5. The first-order chi connectivity index (χ1) is 11.1. The number of methoxy groups -OCH3 is 3. The van der Waals surface area contributed by atoms with Gasteiger partial charge in [-0.1, -0.05) is 18.2 Å². The highest BCUT2D eigenvalue weighted by Crippen LogP contribution is 2.28. The molecule has 0 saturated carbocycles. The van der Waals surface area contributed by atoms with Crippen molar-refractivity contribution in [3.8, 4) is 17.2 Å². The Morgan fingerprint density at radius 1 is 0.913 bits per heavy atom. The predicted molar refractivity (Wildman–Crippen MR) is 88.4 cm³/mol. The Hall–Kier alpha value is -2.69. The molecule has 0 fully saturated rings. The zero-order valence-electron chi connectivity index (χ0n) is 13.8. The number of ether oxygens (including phenoxy) is 3. The zero-order valence-corrected chi connectivity index (χ0v) is 13.8. The third kappa shape index (κ3) is 3.74. The lowest BCUT2D eigenvalue weighted by atomic mass is 10.1. The number of benzene rings is 2. The number of carbonyl (C=O) groups is 1. The molecule has 122 valence electrons. The number of hydrogen-bond donors (Lipinski definition) is 1. The average Bonchev–Trinajstić information content (AvgIpc) is 2.60. The quantitative estimate of drug-likeness (QED) is 0.889. The lowest BCUT2D eigenvalue weighted by Gasteiger charge is -2.17. The van der Waals surface area contributed by atoms with E-state index in [1.54, 1.807) is 32.4 Å². The molecule has 0 bridgehead atoms. The first kappa shape index (κ1) is 16.7. The van der Waals surface area contributed by atoms with Crippen LogP contribution < -0.4 is 19.5 Å². The van der Waals surface area contributed by atoms with Crippen LogP contribution in [-0.2, 0) is 0 Å². The van der Waals surface area contributed by atoms with Gasteiger partial charge in [0.05, 0.1) is 27.4 Å². The minimum Gasteiger partial charge on any atom is -0.496 e. The van der Waals surface area contributed by atoms with E-state index in [4.69, 9.17) is 14.2 Å². The van der Waals surface area contributed by atoms with Crippen molar-refractivity contribution in [3.05, 3.63) is 53.6 Å². The molecule has 0 heterocycles. The zero-order chi connectivity index (χ0) is 16.8. The number of nitrogens with one attached hydrogen (secondary N) is 1. The lowest BCUT2D eigenvalue weighted by Crippen LogP contribution is -2.27. The Morgan fingerprint density at radius 3 is 2.22 bits per heavy atom. The molecule has 0 spiro atoms. The molecule has 2 aromatic carbocycles. The normalized spacial score (nSPS) is 11.5. The van der Waals surface area contributed by atoms with Gasteiger partial charge in [0.25, 0.3) is 5.91 Å². The van der Waals surface area contributed by atoms with Crippen LogP contribution in [0.1, 0.15) is 28.9 Å². The van der Waals surface area contributed by atoms with Gasteiger partial charge in [-0.15, -0.1) is 0 Å². The maximum atomic E-state index is 12.4. The second kappa shape index (κ2) is 7.54. The van der Waals surface area contributed by atoms with E-state index in [-0.39, 0.29) is 11.9 Å². The Balaban J connectivity index is 2.18. The smallest absolute Gasteiger partial charge is 0.251 e. The molecule has 0 aromatic heterocycles. The van der Waals surface area contributed by atoms with E-state index in [9.17, 15) is 4.79 Å². The van der Waals surface area contributed by atoms with Crippen LogP contribution in [0.3, 0.4) is 0 Å². The van der Waals surface area contributed by atoms with Crippen molar-refractivity contribution in [2.24, 2.45) is 0 Å². The standard InChI is InChI=1S/C18H21NO4/c1-12(14-7-5-6-8-15(14)21-2)19-18(20)13-9-10-16(22-3)17(11-13)23-4/h5-12H,1-4H3,(H,19,20)/t12-/m0/s1. The highest BCUT2D eigenvalue weighted by molar-refractivity contribution is 5.95. The summed E-state index contributed by atoms with van der Waals surface area (Å²) >= 11 is 0. The fourth-order valence-electron chi connectivity index (χ4n) is 2.36. The molecular formula is C18H21NO4. The number of rotatable bonds is 6. The summed E-state index contributed by atoms with van der Waals surface area (Å²) in [6.45, 7) is 1.91. The fraction of sp³-hybridized carbons (Fsp3) is 0.278. The largest absolute Gasteiger partial charge is 0.496 e. The molecule has 1 N–H and O–H groups in total. The minimum atomic E-state index is -0.190. The van der Waals surface area contributed by atoms with Gasteiger partial charge in [-0.05, 0) is 31.2 Å². The summed E-state index contributed by atoms with van der Waals surface area (Å²) in [5.74, 6) is 1.66. The third-order valence-corrected chi connectivity index (χ3v) is 3.60. The molecule has 2 aromatic rings. The second-order valence-electron chi connectivity index (χ2n) is 5.01. The highest BCUT2D eigenvalue weighted by atomic mass is 16.5. The first-order valence-electron chi connectivity index (χ1n) is 7.26. The molecular weight excluding hydrogens is 294 g/mol. The third-order valence-electron chi connectivity index (χ3n) is 3.60. The molecule has 0 unspecified atom stereocenters. The molecule has 1 atom stereocenters. The van der Waals surface area contributed by atoms with E-state index in [0.717, 1.165) is 11.3 Å². The van der Waals surface area contributed by atoms with Crippen LogP contribution in [0.4, 0.5) is 0 Å². The second-order valence-corrected chi connectivity index (χ2v) is 5.01. The van der Waals surface area contributed by atoms with Gasteiger partial charge in [0, 0.05) is 11.1 Å². The number of carbonyl (C=O) groups excluding carboxylic acids is 1. The molecule has 1 amide bonds. The Bertz CT molecular complexity index is 684. The van der Waals surface area contributed by atoms with Crippen LogP contribution in [-0.4, -0.2) is 27.2 Å². The minimum absolute atomic E-state index is 0.188. The number of amides is 1. The molecule has 5 nitrogen and oxygen atoms in total. The van der Waals surface area contributed by atoms with E-state index in [1.807, 2.05) is 31.2 Å². The summed E-state index contributed by atoms with van der Waals surface area (Å²) < 4.78 is 15.7. The van der Waals surface area contributed by atoms with Crippen molar-refractivity contribution in [3.63, 3.8) is 0 Å². The topological polar surface area (TPSA) is 56.8 Å². The molecule has 5 heteroatoms. The summed E-state index contributed by atoms with van der Waals surface area (Å²) in [6.07, 6.45) is 0. The Kier molecular flexibility index (Phi) is 5.46. The maximum Gasteiger partial charge on any atom is 0.251 e. The van der Waals surface area contributed by atoms with Crippen LogP contribution in [0.5, 0.6) is 17.2 Å². The van der Waals surface area contributed by atoms with Crippen LogP contribution in [0.25, 0.3) is 0 Å². The van der Waals surface area contributed by atoms with Crippen molar-refractivity contribution >= 4 is 5.91 Å². The van der Waals surface area contributed by atoms with Gasteiger partial charge in [0.1, 0.15) is 5.75 Å². The van der Waals surface area contributed by atoms with Crippen LogP contribution in [0, 0.1) is 0 Å². The van der Waals surface area contributed by atoms with Gasteiger partial charge in [-0.2, -0.15) is 0 Å². The molecule has 0 aliphatic carbocycles. The molecule has 0 aliphatic rings. The summed E-state index contributed by atoms with van der Waals surface area (Å²) in [7, 11) is 4.71. The van der Waals surface area contributed by atoms with E-state index < -0.39 is 0 Å². The van der Waals surface area contributed by atoms with Crippen molar-refractivity contribution < 1.29 is 19.0 Å². The molecule has 2 rings (SSSR count). The first-order valence-corrected chi connectivity index (χ1v) is 7.26. The van der Waals surface area contributed by atoms with Crippen molar-refractivity contribution in [1.82, 2.24) is 5.32 Å². The maximum absolute atomic E-state index is 12.4. The lowest BCUT2D eigenvalue weighted by molar-refractivity contribution is 0.0939. The van der Waals surface area contributed by atoms with E-state index >= 15 is 0 Å². The molecule has 0 radical (unpaired) electrons. The summed E-state index contributed by atoms with van der Waals surface area (Å²) in [5.41, 5.74) is 1.42. The molecule has 0 aliphatic heterocycles. The Morgan fingerprint density at radius 2 is 1.57 bits per heavy atom. The van der Waals surface area contributed by atoms with E-state index in [2.05, 4.69) is 5.32 Å². The van der Waals surface area contributed by atoms with E-state index in [0.29, 0.717) is 17.1 Å². The molecule has 0 saturated heterocycles. The van der Waals surface area contributed by atoms with Gasteiger partial charge in [-0.25, -0.2) is 0 Å². The van der Waals surface area contributed by atoms with Gasteiger partial charge in [0.2, 0.25) is 0 Å². The average molecular weight is 315 g/mol. The van der Waals surface area contributed by atoms with Gasteiger partial charge < -0.3 is 19.5 Å². The van der Waals surface area contributed by atoms with Gasteiger partial charge in [0.15, 0.2) is 11.5 Å². The monoisotopic (exact) mass is 315 g/mol. The molecule has 23 heavy (non-hydrogen) atoms. The van der Waals surface area contributed by atoms with Crippen LogP contribution >= 0.6 is 0 Å². The van der Waals surface area contributed by atoms with Gasteiger partial charge in [-0.3, -0.25) is 4.79 Å². The Labute approximate surface area is 136 Å². The van der Waals surface area contributed by atoms with E-state index in [1.165, 1.54) is 7.11 Å². The summed E-state index contributed by atoms with van der Waals surface area (Å²) in [4.78, 5) is 12.4. The fourth-order valence-corrected chi connectivity index (χ4v) is 2.36. The highest BCUT2D eigenvalue weighted by Gasteiger charge is 2.16. The predicted octanol–water partition coefficient (Wildman–Crippen LogP) is 3.20. The van der Waals surface area contributed by atoms with Crippen molar-refractivity contribution in [2.75, 3.05) is 21.3 Å².